The first-order valence-electron chi connectivity index (χ1n) is 9.87. The summed E-state index contributed by atoms with van der Waals surface area (Å²) in [7, 11) is 0. The minimum atomic E-state index is 0. The molecule has 1 aromatic carbocycles. The van der Waals surface area contributed by atoms with Crippen molar-refractivity contribution < 1.29 is 9.59 Å². The monoisotopic (exact) mass is 499 g/mol. The van der Waals surface area contributed by atoms with Crippen LogP contribution in [0.5, 0.6) is 0 Å². The fourth-order valence-corrected chi connectivity index (χ4v) is 3.52. The standard InChI is InChI=1S/C20H29N5O2.HI/c1-2-21-20(24-16-9-10-18(26)23-14-16)22-12-5-8-19(27)25-13-11-15-6-3-4-7-17(15)25;/h3-4,6-7,16H,2,5,8-14H2,1H3,(H,23,26)(H2,21,22,24);1H. The molecule has 7 nitrogen and oxygen atoms in total. The predicted molar refractivity (Wildman–Crippen MR) is 122 cm³/mol. The van der Waals surface area contributed by atoms with E-state index in [2.05, 4.69) is 27.0 Å². The Kier molecular flexibility index (Phi) is 9.01. The third-order valence-corrected chi connectivity index (χ3v) is 4.96. The van der Waals surface area contributed by atoms with Crippen molar-refractivity contribution in [2.45, 2.75) is 45.1 Å². The zero-order chi connectivity index (χ0) is 19.1. The van der Waals surface area contributed by atoms with Crippen molar-refractivity contribution in [1.82, 2.24) is 16.0 Å². The van der Waals surface area contributed by atoms with Gasteiger partial charge in [0.1, 0.15) is 0 Å². The number of carbonyl (C=O) groups excluding carboxylic acids is 2. The van der Waals surface area contributed by atoms with Crippen LogP contribution in [0.3, 0.4) is 0 Å². The number of nitrogens with zero attached hydrogens (tertiary/aromatic N) is 2. The van der Waals surface area contributed by atoms with Crippen molar-refractivity contribution in [1.29, 1.82) is 0 Å². The summed E-state index contributed by atoms with van der Waals surface area (Å²) in [5.74, 6) is 1.03. The number of fused-ring (bicyclic) bond motifs is 1. The van der Waals surface area contributed by atoms with E-state index in [4.69, 9.17) is 0 Å². The molecule has 154 valence electrons. The second-order valence-electron chi connectivity index (χ2n) is 6.97. The number of piperidine rings is 1. The molecule has 1 aromatic rings. The van der Waals surface area contributed by atoms with Gasteiger partial charge in [0, 0.05) is 50.7 Å². The second kappa shape index (κ2) is 11.2. The van der Waals surface area contributed by atoms with Crippen LogP contribution in [-0.2, 0) is 16.0 Å². The summed E-state index contributed by atoms with van der Waals surface area (Å²) in [6.45, 7) is 4.79. The Morgan fingerprint density at radius 2 is 2.14 bits per heavy atom. The number of benzene rings is 1. The maximum atomic E-state index is 12.5. The summed E-state index contributed by atoms with van der Waals surface area (Å²) in [6.07, 6.45) is 3.50. The number of anilines is 1. The van der Waals surface area contributed by atoms with E-state index in [1.165, 1.54) is 5.56 Å². The molecule has 3 rings (SSSR count). The van der Waals surface area contributed by atoms with Gasteiger partial charge >= 0.3 is 0 Å². The van der Waals surface area contributed by atoms with E-state index in [1.807, 2.05) is 30.0 Å². The summed E-state index contributed by atoms with van der Waals surface area (Å²) >= 11 is 0. The average Bonchev–Trinajstić information content (AvgIpc) is 3.11. The van der Waals surface area contributed by atoms with Crippen molar-refractivity contribution in [3.8, 4) is 0 Å². The number of hydrogen-bond donors (Lipinski definition) is 3. The first-order chi connectivity index (χ1) is 13.2. The smallest absolute Gasteiger partial charge is 0.227 e. The quantitative estimate of drug-likeness (QED) is 0.241. The molecule has 28 heavy (non-hydrogen) atoms. The van der Waals surface area contributed by atoms with Crippen LogP contribution in [0.25, 0.3) is 0 Å². The normalized spacial score (nSPS) is 18.8. The number of rotatable bonds is 6. The number of aliphatic imine (C=N–C) groups is 1. The SMILES string of the molecule is CCNC(=NCCCC(=O)N1CCc2ccccc21)NC1CCC(=O)NC1.I. The molecule has 1 unspecified atom stereocenters. The highest BCUT2D eigenvalue weighted by Crippen LogP contribution is 2.27. The Morgan fingerprint density at radius 3 is 2.89 bits per heavy atom. The first kappa shape index (κ1) is 22.4. The number of para-hydroxylation sites is 1. The summed E-state index contributed by atoms with van der Waals surface area (Å²) in [6, 6.07) is 8.32. The lowest BCUT2D eigenvalue weighted by Crippen LogP contribution is -2.51. The largest absolute Gasteiger partial charge is 0.357 e. The van der Waals surface area contributed by atoms with E-state index < -0.39 is 0 Å². The number of amides is 2. The molecule has 8 heteroatoms. The van der Waals surface area contributed by atoms with Crippen LogP contribution in [0.15, 0.2) is 29.3 Å². The van der Waals surface area contributed by atoms with Crippen LogP contribution in [0, 0.1) is 0 Å². The Hall–Kier alpha value is -1.84. The van der Waals surface area contributed by atoms with Crippen molar-refractivity contribution in [2.24, 2.45) is 4.99 Å². The molecule has 0 saturated carbocycles. The van der Waals surface area contributed by atoms with Crippen molar-refractivity contribution >= 4 is 47.4 Å². The van der Waals surface area contributed by atoms with Crippen LogP contribution in [0.1, 0.15) is 38.2 Å². The molecule has 0 spiro atoms. The van der Waals surface area contributed by atoms with E-state index in [0.717, 1.165) is 44.0 Å². The number of nitrogens with one attached hydrogen (secondary N) is 3. The van der Waals surface area contributed by atoms with Crippen molar-refractivity contribution in [3.05, 3.63) is 29.8 Å². The molecular weight excluding hydrogens is 469 g/mol. The number of guanidine groups is 1. The van der Waals surface area contributed by atoms with Gasteiger partial charge in [-0.1, -0.05) is 18.2 Å². The number of hydrogen-bond acceptors (Lipinski definition) is 3. The molecule has 0 aliphatic carbocycles. The van der Waals surface area contributed by atoms with Gasteiger partial charge in [0.15, 0.2) is 5.96 Å². The van der Waals surface area contributed by atoms with E-state index in [0.29, 0.717) is 25.9 Å². The summed E-state index contributed by atoms with van der Waals surface area (Å²) in [4.78, 5) is 30.3. The summed E-state index contributed by atoms with van der Waals surface area (Å²) < 4.78 is 0. The zero-order valence-corrected chi connectivity index (χ0v) is 18.7. The van der Waals surface area contributed by atoms with E-state index >= 15 is 0 Å². The van der Waals surface area contributed by atoms with Gasteiger partial charge in [-0.2, -0.15) is 0 Å². The highest BCUT2D eigenvalue weighted by Gasteiger charge is 2.23. The van der Waals surface area contributed by atoms with Gasteiger partial charge in [-0.05, 0) is 37.8 Å². The maximum Gasteiger partial charge on any atom is 0.227 e. The molecule has 1 atom stereocenters. The molecule has 3 N–H and O–H groups in total. The lowest BCUT2D eigenvalue weighted by atomic mass is 10.1. The van der Waals surface area contributed by atoms with Crippen molar-refractivity contribution in [3.63, 3.8) is 0 Å². The second-order valence-corrected chi connectivity index (χ2v) is 6.97. The van der Waals surface area contributed by atoms with E-state index in [9.17, 15) is 9.59 Å². The number of carbonyl (C=O) groups is 2. The predicted octanol–water partition coefficient (Wildman–Crippen LogP) is 1.81. The van der Waals surface area contributed by atoms with Crippen LogP contribution < -0.4 is 20.9 Å². The third-order valence-electron chi connectivity index (χ3n) is 4.96. The minimum Gasteiger partial charge on any atom is -0.357 e. The van der Waals surface area contributed by atoms with Gasteiger partial charge in [-0.25, -0.2) is 0 Å². The molecule has 1 saturated heterocycles. The van der Waals surface area contributed by atoms with Gasteiger partial charge in [0.2, 0.25) is 11.8 Å². The van der Waals surface area contributed by atoms with Gasteiger partial charge in [0.25, 0.3) is 0 Å². The van der Waals surface area contributed by atoms with Gasteiger partial charge in [-0.3, -0.25) is 14.6 Å². The first-order valence-corrected chi connectivity index (χ1v) is 9.87. The highest BCUT2D eigenvalue weighted by atomic mass is 127. The molecule has 0 aromatic heterocycles. The molecule has 2 aliphatic heterocycles. The molecule has 2 amide bonds. The van der Waals surface area contributed by atoms with Crippen LogP contribution >= 0.6 is 24.0 Å². The van der Waals surface area contributed by atoms with Gasteiger partial charge in [-0.15, -0.1) is 24.0 Å². The molecule has 2 aliphatic rings. The Labute approximate surface area is 183 Å². The molecule has 0 bridgehead atoms. The highest BCUT2D eigenvalue weighted by molar-refractivity contribution is 14.0. The fraction of sp³-hybridized carbons (Fsp3) is 0.550. The minimum absolute atomic E-state index is 0. The Balaban J connectivity index is 0.00000280. The van der Waals surface area contributed by atoms with Crippen LogP contribution in [-0.4, -0.2) is 50.0 Å². The lowest BCUT2D eigenvalue weighted by Gasteiger charge is -2.25. The molecule has 2 heterocycles. The molecule has 0 radical (unpaired) electrons. The van der Waals surface area contributed by atoms with Crippen molar-refractivity contribution in [2.75, 3.05) is 31.1 Å². The van der Waals surface area contributed by atoms with E-state index in [-0.39, 0.29) is 41.8 Å². The number of halogens is 1. The molecular formula is C20H30IN5O2. The van der Waals surface area contributed by atoms with Crippen LogP contribution in [0.4, 0.5) is 5.69 Å². The topological polar surface area (TPSA) is 85.8 Å². The van der Waals surface area contributed by atoms with Crippen LogP contribution in [0.2, 0.25) is 0 Å². The molecule has 1 fully saturated rings. The van der Waals surface area contributed by atoms with Gasteiger partial charge in [0.05, 0.1) is 0 Å². The summed E-state index contributed by atoms with van der Waals surface area (Å²) in [5, 5.41) is 9.46. The maximum absolute atomic E-state index is 12.5. The Bertz CT molecular complexity index is 700. The third kappa shape index (κ3) is 6.08. The lowest BCUT2D eigenvalue weighted by molar-refractivity contribution is -0.122. The van der Waals surface area contributed by atoms with E-state index in [1.54, 1.807) is 0 Å². The summed E-state index contributed by atoms with van der Waals surface area (Å²) in [5.41, 5.74) is 2.31. The zero-order valence-electron chi connectivity index (χ0n) is 16.4. The fourth-order valence-electron chi connectivity index (χ4n) is 3.52. The Morgan fingerprint density at radius 1 is 1.32 bits per heavy atom. The average molecular weight is 499 g/mol. The van der Waals surface area contributed by atoms with Gasteiger partial charge < -0.3 is 20.9 Å².